The van der Waals surface area contributed by atoms with Gasteiger partial charge >= 0.3 is 72.9 Å². The van der Waals surface area contributed by atoms with Crippen molar-refractivity contribution in [3.05, 3.63) is 0 Å². The average Bonchev–Trinajstić information content (AvgIpc) is 2.50. The number of hydrogen-bond acceptors (Lipinski definition) is 3. The number of unbranched alkanes of at least 4 members (excludes halogenated alkanes) is 14. The summed E-state index contributed by atoms with van der Waals surface area (Å²) in [5.41, 5.74) is 0. The Hall–Kier alpha value is 0.966. The Morgan fingerprint density at radius 3 is 1.36 bits per heavy atom. The van der Waals surface area contributed by atoms with Gasteiger partial charge in [-0.3, -0.25) is 4.79 Å². The molecule has 0 fully saturated rings. The van der Waals surface area contributed by atoms with Gasteiger partial charge in [-0.15, -0.1) is 0 Å². The van der Waals surface area contributed by atoms with Crippen molar-refractivity contribution in [2.45, 2.75) is 110 Å². The zero-order valence-corrected chi connectivity index (χ0v) is 20.0. The van der Waals surface area contributed by atoms with Gasteiger partial charge in [-0.1, -0.05) is 96.8 Å². The Bertz CT molecular complexity index is 318. The van der Waals surface area contributed by atoms with E-state index in [4.69, 9.17) is 5.11 Å². The molecule has 0 saturated heterocycles. The second kappa shape index (κ2) is 25.0. The van der Waals surface area contributed by atoms with E-state index in [1.807, 2.05) is 0 Å². The van der Waals surface area contributed by atoms with Crippen LogP contribution in [0.5, 0.6) is 0 Å². The predicted octanol–water partition coefficient (Wildman–Crippen LogP) is 6.16. The van der Waals surface area contributed by atoms with E-state index in [0.29, 0.717) is 0 Å². The normalized spacial score (nSPS) is 9.80. The third-order valence-corrected chi connectivity index (χ3v) is 4.19. The fraction of sp³-hybridized carbons (Fsp3) is 0.895. The van der Waals surface area contributed by atoms with Gasteiger partial charge in [0.15, 0.2) is 0 Å². The Kier molecular flexibility index (Phi) is 30.6. The van der Waals surface area contributed by atoms with Crippen LogP contribution in [-0.4, -0.2) is 78.0 Å². The Morgan fingerprint density at radius 2 is 1.04 bits per heavy atom. The number of ether oxygens (including phenoxy) is 1. The van der Waals surface area contributed by atoms with Crippen molar-refractivity contribution in [3.63, 3.8) is 0 Å². The molecular weight excluding hydrogens is 357 g/mol. The quantitative estimate of drug-likeness (QED) is 0.147. The van der Waals surface area contributed by atoms with Crippen LogP contribution in [0.25, 0.3) is 0 Å². The number of hydrogen-bond donors (Lipinski definition) is 1. The number of carbonyl (C=O) groups excluding carboxylic acids is 1. The zero-order chi connectivity index (χ0) is 17.2. The fourth-order valence-corrected chi connectivity index (χ4v) is 2.79. The van der Waals surface area contributed by atoms with Crippen molar-refractivity contribution in [3.8, 4) is 0 Å². The van der Waals surface area contributed by atoms with Gasteiger partial charge in [-0.2, -0.15) is 0 Å². The number of carbonyl (C=O) groups is 2. The van der Waals surface area contributed by atoms with E-state index in [-0.39, 0.29) is 72.9 Å². The van der Waals surface area contributed by atoms with Crippen molar-refractivity contribution in [2.75, 3.05) is 0 Å². The number of carboxylic acid groups (broad SMARTS) is 1. The molecule has 1 N–H and O–H groups in total. The summed E-state index contributed by atoms with van der Waals surface area (Å²) < 4.78 is 4.05. The first-order valence-corrected chi connectivity index (χ1v) is 9.60. The Morgan fingerprint density at radius 1 is 0.720 bits per heavy atom. The van der Waals surface area contributed by atoms with E-state index in [9.17, 15) is 9.59 Å². The Labute approximate surface area is 206 Å². The van der Waals surface area contributed by atoms with Crippen LogP contribution >= 0.6 is 0 Å². The summed E-state index contributed by atoms with van der Waals surface area (Å²) in [6.07, 6.45) is 17.8. The van der Waals surface area contributed by atoms with Crippen molar-refractivity contribution in [2.24, 2.45) is 0 Å². The molecule has 6 heteroatoms. The van der Waals surface area contributed by atoms with Crippen LogP contribution in [0.1, 0.15) is 115 Å². The summed E-state index contributed by atoms with van der Waals surface area (Å²) in [5.74, 6) is -0.632. The summed E-state index contributed by atoms with van der Waals surface area (Å²) in [5, 5.41) is 8.27. The molecule has 25 heavy (non-hydrogen) atoms. The summed E-state index contributed by atoms with van der Waals surface area (Å²) in [6, 6.07) is 0. The molecule has 0 atom stereocenters. The molecule has 0 heterocycles. The molecule has 0 saturated carbocycles. The molecule has 0 aromatic heterocycles. The molecule has 0 bridgehead atoms. The molecule has 0 radical (unpaired) electrons. The van der Waals surface area contributed by atoms with Gasteiger partial charge in [0.25, 0.3) is 0 Å². The van der Waals surface area contributed by atoms with Gasteiger partial charge in [0.05, 0.1) is 0 Å². The van der Waals surface area contributed by atoms with Crippen LogP contribution in [0.2, 0.25) is 0 Å². The van der Waals surface area contributed by atoms with Gasteiger partial charge in [-0.05, 0) is 6.42 Å². The monoisotopic (exact) mass is 396 g/mol. The van der Waals surface area contributed by atoms with Crippen LogP contribution < -0.4 is 0 Å². The minimum Gasteiger partial charge on any atom is -1.00 e. The van der Waals surface area contributed by atoms with Crippen LogP contribution in [0.15, 0.2) is 0 Å². The predicted molar refractivity (Wildman–Crippen MR) is 110 cm³/mol. The molecule has 0 spiro atoms. The van der Waals surface area contributed by atoms with Crippen LogP contribution in [0.3, 0.4) is 0 Å². The maximum atomic E-state index is 11.0. The first kappa shape index (κ1) is 30.7. The first-order chi connectivity index (χ1) is 11.2. The molecule has 0 aliphatic heterocycles. The van der Waals surface area contributed by atoms with Crippen molar-refractivity contribution in [1.29, 1.82) is 0 Å². The van der Waals surface area contributed by atoms with E-state index < -0.39 is 12.1 Å². The van der Waals surface area contributed by atoms with Gasteiger partial charge in [0.2, 0.25) is 0 Å². The van der Waals surface area contributed by atoms with E-state index in [1.54, 1.807) is 0 Å². The number of esters is 1. The van der Waals surface area contributed by atoms with E-state index in [1.165, 1.54) is 77.0 Å². The van der Waals surface area contributed by atoms with E-state index >= 15 is 0 Å². The zero-order valence-electron chi connectivity index (χ0n) is 20.4. The van der Waals surface area contributed by atoms with Crippen LogP contribution in [-0.2, 0) is 9.53 Å². The molecule has 0 unspecified atom stereocenters. The minimum atomic E-state index is -1.50. The van der Waals surface area contributed by atoms with Crippen molar-refractivity contribution < 1.29 is 25.1 Å². The van der Waals surface area contributed by atoms with Gasteiger partial charge in [0.1, 0.15) is 0 Å². The third kappa shape index (κ3) is 27.3. The smallest absolute Gasteiger partial charge is 1.00 e. The molecular formula is C19H40CaMgO4. The fourth-order valence-electron chi connectivity index (χ4n) is 2.79. The van der Waals surface area contributed by atoms with Gasteiger partial charge in [0, 0.05) is 6.42 Å². The summed E-state index contributed by atoms with van der Waals surface area (Å²) in [4.78, 5) is 21.1. The third-order valence-electron chi connectivity index (χ3n) is 4.19. The summed E-state index contributed by atoms with van der Waals surface area (Å²) >= 11 is 0. The van der Waals surface area contributed by atoms with Crippen LogP contribution in [0, 0.1) is 0 Å². The van der Waals surface area contributed by atoms with Crippen LogP contribution in [0.4, 0.5) is 4.79 Å². The van der Waals surface area contributed by atoms with E-state index in [0.717, 1.165) is 19.3 Å². The SMILES string of the molecule is CCCCCCCCCCCCCCCCCC(=O)OC(=O)O.[Ca+2].[H-].[H-].[H-].[H-].[Mg+2]. The average molecular weight is 397 g/mol. The molecule has 4 nitrogen and oxygen atoms in total. The largest absolute Gasteiger partial charge is 2.00 e. The van der Waals surface area contributed by atoms with Gasteiger partial charge < -0.3 is 15.5 Å². The second-order valence-corrected chi connectivity index (χ2v) is 6.44. The minimum absolute atomic E-state index is 0. The maximum Gasteiger partial charge on any atom is 2.00 e. The molecule has 0 aliphatic carbocycles. The van der Waals surface area contributed by atoms with E-state index in [2.05, 4.69) is 11.7 Å². The number of rotatable bonds is 16. The Balaban J connectivity index is -0.000000161. The maximum absolute atomic E-state index is 11.0. The molecule has 0 aliphatic rings. The summed E-state index contributed by atoms with van der Waals surface area (Å²) in [7, 11) is 0. The molecule has 0 aromatic rings. The topological polar surface area (TPSA) is 63.6 Å². The molecule has 0 aromatic carbocycles. The van der Waals surface area contributed by atoms with Crippen molar-refractivity contribution >= 4 is 72.9 Å². The second-order valence-electron chi connectivity index (χ2n) is 6.44. The molecule has 0 rings (SSSR count). The standard InChI is InChI=1S/C19H36O4.Ca.Mg.4H/c1-2-3-4-5-6-7-8-9-10-11-12-13-14-15-16-17-18(20)23-19(21)22;;;;;;/h2-17H2,1H3,(H,21,22);;;;;;/q;2*+2;4*-1. The van der Waals surface area contributed by atoms with Crippen molar-refractivity contribution in [1.82, 2.24) is 0 Å². The molecule has 144 valence electrons. The summed E-state index contributed by atoms with van der Waals surface area (Å²) in [6.45, 7) is 2.26. The molecule has 0 amide bonds. The van der Waals surface area contributed by atoms with Gasteiger partial charge in [-0.25, -0.2) is 4.79 Å². The first-order valence-electron chi connectivity index (χ1n) is 9.60.